The van der Waals surface area contributed by atoms with Crippen LogP contribution in [0, 0.1) is 0 Å². The first kappa shape index (κ1) is 30.9. The Labute approximate surface area is 315 Å². The molecule has 258 valence electrons. The lowest BCUT2D eigenvalue weighted by Gasteiger charge is -2.13. The molecule has 5 heterocycles. The van der Waals surface area contributed by atoms with Gasteiger partial charge in [-0.2, -0.15) is 4.98 Å². The van der Waals surface area contributed by atoms with Crippen molar-refractivity contribution in [1.82, 2.24) is 38.6 Å². The Hall–Kier alpha value is -7.71. The molecule has 5 aromatic heterocycles. The van der Waals surface area contributed by atoms with E-state index < -0.39 is 0 Å². The van der Waals surface area contributed by atoms with Crippen LogP contribution in [0.3, 0.4) is 0 Å². The van der Waals surface area contributed by atoms with Crippen molar-refractivity contribution in [2.75, 3.05) is 0 Å². The molecule has 0 bridgehead atoms. The van der Waals surface area contributed by atoms with E-state index in [0.717, 1.165) is 66.2 Å². The summed E-state index contributed by atoms with van der Waals surface area (Å²) in [6.45, 7) is 0. The van der Waals surface area contributed by atoms with Gasteiger partial charge in [-0.3, -0.25) is 4.57 Å². The van der Waals surface area contributed by atoms with E-state index in [1.165, 1.54) is 0 Å². The molecule has 0 saturated carbocycles. The zero-order chi connectivity index (χ0) is 36.3. The molecule has 8 nitrogen and oxygen atoms in total. The van der Waals surface area contributed by atoms with Crippen molar-refractivity contribution >= 4 is 43.7 Å². The SMILES string of the molecule is c1ccc(-c2nc(-c3ccccc3)nc(-c3nc(-n4c5ccccc5c5ccc6c(ccn6-c6ccccc6)c54)nc4c3ccn4-c3ccccc3)n2)cc1. The molecule has 55 heavy (non-hydrogen) atoms. The Balaban J connectivity index is 1.24. The van der Waals surface area contributed by atoms with E-state index in [4.69, 9.17) is 24.9 Å². The van der Waals surface area contributed by atoms with E-state index in [1.54, 1.807) is 0 Å². The van der Waals surface area contributed by atoms with Crippen LogP contribution in [0.2, 0.25) is 0 Å². The van der Waals surface area contributed by atoms with Crippen LogP contribution in [-0.4, -0.2) is 38.6 Å². The fraction of sp³-hybridized carbons (Fsp3) is 0. The third-order valence-corrected chi connectivity index (χ3v) is 10.2. The molecule has 0 fully saturated rings. The highest BCUT2D eigenvalue weighted by Gasteiger charge is 2.23. The molecule has 11 rings (SSSR count). The predicted molar refractivity (Wildman–Crippen MR) is 220 cm³/mol. The van der Waals surface area contributed by atoms with Gasteiger partial charge in [-0.25, -0.2) is 19.9 Å². The second-order valence-electron chi connectivity index (χ2n) is 13.4. The summed E-state index contributed by atoms with van der Waals surface area (Å²) in [5, 5.41) is 4.17. The molecular weight excluding hydrogens is 677 g/mol. The molecule has 0 spiro atoms. The van der Waals surface area contributed by atoms with Crippen molar-refractivity contribution < 1.29 is 0 Å². The normalized spacial score (nSPS) is 11.6. The van der Waals surface area contributed by atoms with Crippen molar-refractivity contribution in [3.05, 3.63) is 182 Å². The van der Waals surface area contributed by atoms with Gasteiger partial charge in [-0.1, -0.05) is 121 Å². The van der Waals surface area contributed by atoms with Gasteiger partial charge in [-0.15, -0.1) is 0 Å². The maximum atomic E-state index is 5.44. The molecule has 6 aromatic carbocycles. The summed E-state index contributed by atoms with van der Waals surface area (Å²) in [5.41, 5.74) is 8.36. The maximum Gasteiger partial charge on any atom is 0.237 e. The van der Waals surface area contributed by atoms with Gasteiger partial charge in [-0.05, 0) is 48.5 Å². The highest BCUT2D eigenvalue weighted by Crippen LogP contribution is 2.38. The van der Waals surface area contributed by atoms with E-state index in [-0.39, 0.29) is 0 Å². The molecule has 0 radical (unpaired) electrons. The summed E-state index contributed by atoms with van der Waals surface area (Å²) in [6, 6.07) is 57.9. The monoisotopic (exact) mass is 706 g/mol. The zero-order valence-corrected chi connectivity index (χ0v) is 29.4. The zero-order valence-electron chi connectivity index (χ0n) is 29.4. The van der Waals surface area contributed by atoms with Crippen molar-refractivity contribution in [3.8, 4) is 51.6 Å². The molecule has 0 aliphatic heterocycles. The lowest BCUT2D eigenvalue weighted by Crippen LogP contribution is -2.07. The first-order valence-electron chi connectivity index (χ1n) is 18.2. The molecule has 8 heteroatoms. The number of para-hydroxylation sites is 3. The Morgan fingerprint density at radius 3 is 1.56 bits per heavy atom. The van der Waals surface area contributed by atoms with Crippen LogP contribution < -0.4 is 0 Å². The summed E-state index contributed by atoms with van der Waals surface area (Å²) >= 11 is 0. The lowest BCUT2D eigenvalue weighted by atomic mass is 10.1. The Bertz CT molecular complexity index is 3130. The van der Waals surface area contributed by atoms with Crippen molar-refractivity contribution in [2.24, 2.45) is 0 Å². The Morgan fingerprint density at radius 1 is 0.345 bits per heavy atom. The van der Waals surface area contributed by atoms with Crippen LogP contribution in [0.25, 0.3) is 95.4 Å². The van der Waals surface area contributed by atoms with Crippen molar-refractivity contribution in [2.45, 2.75) is 0 Å². The number of benzene rings is 6. The van der Waals surface area contributed by atoms with E-state index >= 15 is 0 Å². The van der Waals surface area contributed by atoms with Gasteiger partial charge < -0.3 is 9.13 Å². The summed E-state index contributed by atoms with van der Waals surface area (Å²) < 4.78 is 6.54. The number of aromatic nitrogens is 8. The second-order valence-corrected chi connectivity index (χ2v) is 13.4. The van der Waals surface area contributed by atoms with Crippen LogP contribution >= 0.6 is 0 Å². The number of nitrogens with zero attached hydrogens (tertiary/aromatic N) is 8. The molecule has 0 saturated heterocycles. The second kappa shape index (κ2) is 12.5. The van der Waals surface area contributed by atoms with Gasteiger partial charge in [0.2, 0.25) is 5.95 Å². The molecule has 0 N–H and O–H groups in total. The van der Waals surface area contributed by atoms with Crippen LogP contribution in [0.15, 0.2) is 182 Å². The van der Waals surface area contributed by atoms with Crippen LogP contribution in [0.4, 0.5) is 0 Å². The van der Waals surface area contributed by atoms with Gasteiger partial charge >= 0.3 is 0 Å². The topological polar surface area (TPSA) is 79.2 Å². The first-order valence-corrected chi connectivity index (χ1v) is 18.2. The average Bonchev–Trinajstić information content (AvgIpc) is 3.99. The van der Waals surface area contributed by atoms with E-state index in [9.17, 15) is 0 Å². The number of hydrogen-bond acceptors (Lipinski definition) is 5. The van der Waals surface area contributed by atoms with Crippen molar-refractivity contribution in [3.63, 3.8) is 0 Å². The smallest absolute Gasteiger partial charge is 0.237 e. The average molecular weight is 707 g/mol. The maximum absolute atomic E-state index is 5.44. The van der Waals surface area contributed by atoms with Gasteiger partial charge in [0.15, 0.2) is 23.1 Å². The molecule has 11 aromatic rings. The molecule has 0 amide bonds. The van der Waals surface area contributed by atoms with E-state index in [2.05, 4.69) is 105 Å². The highest BCUT2D eigenvalue weighted by atomic mass is 15.2. The van der Waals surface area contributed by atoms with Gasteiger partial charge in [0, 0.05) is 56.4 Å². The third-order valence-electron chi connectivity index (χ3n) is 10.2. The molecular formula is C47H30N8. The number of fused-ring (bicyclic) bond motifs is 6. The van der Waals surface area contributed by atoms with Gasteiger partial charge in [0.1, 0.15) is 5.69 Å². The molecule has 0 aliphatic carbocycles. The first-order chi connectivity index (χ1) is 27.3. The highest BCUT2D eigenvalue weighted by molar-refractivity contribution is 6.18. The third kappa shape index (κ3) is 5.04. The summed E-state index contributed by atoms with van der Waals surface area (Å²) in [4.78, 5) is 26.1. The number of hydrogen-bond donors (Lipinski definition) is 0. The summed E-state index contributed by atoms with van der Waals surface area (Å²) in [7, 11) is 0. The number of rotatable bonds is 6. The van der Waals surface area contributed by atoms with Crippen LogP contribution in [-0.2, 0) is 0 Å². The molecule has 0 aliphatic rings. The van der Waals surface area contributed by atoms with Crippen LogP contribution in [0.1, 0.15) is 0 Å². The van der Waals surface area contributed by atoms with Crippen molar-refractivity contribution in [1.29, 1.82) is 0 Å². The fourth-order valence-electron chi connectivity index (χ4n) is 7.68. The minimum atomic E-state index is 0.466. The quantitative estimate of drug-likeness (QED) is 0.172. The van der Waals surface area contributed by atoms with Gasteiger partial charge in [0.25, 0.3) is 0 Å². The van der Waals surface area contributed by atoms with Crippen LogP contribution in [0.5, 0.6) is 0 Å². The predicted octanol–water partition coefficient (Wildman–Crippen LogP) is 10.6. The minimum Gasteiger partial charge on any atom is -0.316 e. The standard InChI is InChI=1S/C47H30N8/c1-5-15-31(16-6-1)43-49-44(32-17-7-2-8-18-32)51-45(50-43)41-38-28-30-54(34-21-11-4-12-22-34)46(38)52-47(48-41)55-40-24-14-13-23-35(40)36-25-26-39-37(42(36)55)27-29-53(39)33-19-9-3-10-20-33/h1-30H. The summed E-state index contributed by atoms with van der Waals surface area (Å²) in [6.07, 6.45) is 4.18. The Kier molecular flexibility index (Phi) is 6.99. The summed E-state index contributed by atoms with van der Waals surface area (Å²) in [5.74, 6) is 2.13. The Morgan fingerprint density at radius 2 is 0.891 bits per heavy atom. The van der Waals surface area contributed by atoms with E-state index in [0.29, 0.717) is 29.1 Å². The fourth-order valence-corrected chi connectivity index (χ4v) is 7.68. The molecule has 0 unspecified atom stereocenters. The van der Waals surface area contributed by atoms with Gasteiger partial charge in [0.05, 0.1) is 16.6 Å². The van der Waals surface area contributed by atoms with E-state index in [1.807, 2.05) is 91.1 Å². The molecule has 0 atom stereocenters. The minimum absolute atomic E-state index is 0.466. The largest absolute Gasteiger partial charge is 0.316 e. The lowest BCUT2D eigenvalue weighted by molar-refractivity contribution is 0.978.